The van der Waals surface area contributed by atoms with E-state index in [2.05, 4.69) is 15.6 Å². The number of amides is 1. The van der Waals surface area contributed by atoms with Gasteiger partial charge in [-0.05, 0) is 29.8 Å². The van der Waals surface area contributed by atoms with Gasteiger partial charge in [-0.2, -0.15) is 0 Å². The molecule has 0 bridgehead atoms. The Morgan fingerprint density at radius 2 is 1.48 bits per heavy atom. The molecule has 0 aliphatic rings. The van der Waals surface area contributed by atoms with E-state index in [1.54, 1.807) is 16.8 Å². The molecule has 1 atom stereocenters. The van der Waals surface area contributed by atoms with Crippen LogP contribution in [0.1, 0.15) is 22.1 Å². The third kappa shape index (κ3) is 2.99. The summed E-state index contributed by atoms with van der Waals surface area (Å²) in [6.45, 7) is 0. The summed E-state index contributed by atoms with van der Waals surface area (Å²) in [7, 11) is 0. The van der Waals surface area contributed by atoms with Crippen molar-refractivity contribution in [3.05, 3.63) is 96.1 Å². The second-order valence-corrected chi connectivity index (χ2v) is 5.68. The van der Waals surface area contributed by atoms with Crippen molar-refractivity contribution in [2.75, 3.05) is 0 Å². The summed E-state index contributed by atoms with van der Waals surface area (Å²) in [5, 5.41) is 11.5. The monoisotopic (exact) mass is 328 g/mol. The van der Waals surface area contributed by atoms with E-state index in [0.29, 0.717) is 5.56 Å². The lowest BCUT2D eigenvalue weighted by atomic mass is 10.1. The van der Waals surface area contributed by atoms with E-state index < -0.39 is 6.17 Å². The maximum Gasteiger partial charge on any atom is 0.253 e. The number of aromatic nitrogens is 3. The number of benzene rings is 3. The second-order valence-electron chi connectivity index (χ2n) is 5.68. The number of para-hydroxylation sites is 1. The maximum absolute atomic E-state index is 12.7. The Hall–Kier alpha value is -3.47. The summed E-state index contributed by atoms with van der Waals surface area (Å²) in [5.74, 6) is -0.158. The molecule has 1 N–H and O–H groups in total. The van der Waals surface area contributed by atoms with Crippen LogP contribution in [0.15, 0.2) is 84.9 Å². The van der Waals surface area contributed by atoms with Gasteiger partial charge < -0.3 is 5.32 Å². The number of nitrogens with one attached hydrogen (secondary N) is 1. The number of rotatable bonds is 4. The fourth-order valence-electron chi connectivity index (χ4n) is 2.80. The molecule has 1 amide bonds. The van der Waals surface area contributed by atoms with Crippen molar-refractivity contribution in [2.45, 2.75) is 6.17 Å². The third-order valence-corrected chi connectivity index (χ3v) is 4.04. The number of hydrogen-bond acceptors (Lipinski definition) is 3. The fraction of sp³-hybridized carbons (Fsp3) is 0.0500. The van der Waals surface area contributed by atoms with Gasteiger partial charge in [0, 0.05) is 5.56 Å². The average molecular weight is 328 g/mol. The van der Waals surface area contributed by atoms with Gasteiger partial charge in [0.05, 0.1) is 5.52 Å². The standard InChI is InChI=1S/C20H16N4O/c25-20(16-11-5-2-6-12-16)21-19(15-9-3-1-4-10-15)24-18-14-8-7-13-17(18)22-23-24/h1-14,19H,(H,21,25). The highest BCUT2D eigenvalue weighted by Crippen LogP contribution is 2.20. The van der Waals surface area contributed by atoms with Crippen LogP contribution in [-0.4, -0.2) is 20.9 Å². The van der Waals surface area contributed by atoms with E-state index in [9.17, 15) is 4.79 Å². The van der Waals surface area contributed by atoms with Gasteiger partial charge in [-0.3, -0.25) is 4.79 Å². The second kappa shape index (κ2) is 6.57. The van der Waals surface area contributed by atoms with Crippen LogP contribution in [-0.2, 0) is 0 Å². The molecule has 0 saturated carbocycles. The van der Waals surface area contributed by atoms with Gasteiger partial charge in [0.1, 0.15) is 5.52 Å². The zero-order chi connectivity index (χ0) is 17.1. The normalized spacial score (nSPS) is 12.0. The summed E-state index contributed by atoms with van der Waals surface area (Å²) in [4.78, 5) is 12.7. The molecule has 25 heavy (non-hydrogen) atoms. The molecule has 4 rings (SSSR count). The van der Waals surface area contributed by atoms with Crippen LogP contribution in [0.3, 0.4) is 0 Å². The van der Waals surface area contributed by atoms with Gasteiger partial charge in [-0.15, -0.1) is 5.10 Å². The molecule has 0 fully saturated rings. The van der Waals surface area contributed by atoms with Crippen molar-refractivity contribution in [1.82, 2.24) is 20.3 Å². The first-order valence-corrected chi connectivity index (χ1v) is 8.04. The first kappa shape index (κ1) is 15.1. The molecule has 5 heteroatoms. The highest BCUT2D eigenvalue weighted by atomic mass is 16.1. The lowest BCUT2D eigenvalue weighted by Gasteiger charge is -2.20. The van der Waals surface area contributed by atoms with Crippen molar-refractivity contribution in [3.63, 3.8) is 0 Å². The number of fused-ring (bicyclic) bond motifs is 1. The molecule has 1 unspecified atom stereocenters. The van der Waals surface area contributed by atoms with Crippen LogP contribution in [0, 0.1) is 0 Å². The van der Waals surface area contributed by atoms with Crippen LogP contribution in [0.4, 0.5) is 0 Å². The average Bonchev–Trinajstić information content (AvgIpc) is 3.11. The molecule has 4 aromatic rings. The largest absolute Gasteiger partial charge is 0.326 e. The minimum absolute atomic E-state index is 0.158. The lowest BCUT2D eigenvalue weighted by Crippen LogP contribution is -2.33. The number of carbonyl (C=O) groups excluding carboxylic acids is 1. The molecule has 0 saturated heterocycles. The smallest absolute Gasteiger partial charge is 0.253 e. The SMILES string of the molecule is O=C(NC(c1ccccc1)n1nnc2ccccc21)c1ccccc1. The van der Waals surface area contributed by atoms with Crippen LogP contribution in [0.25, 0.3) is 11.0 Å². The first-order valence-electron chi connectivity index (χ1n) is 8.04. The summed E-state index contributed by atoms with van der Waals surface area (Å²) in [5.41, 5.74) is 3.19. The molecule has 3 aromatic carbocycles. The van der Waals surface area contributed by atoms with Gasteiger partial charge in [0.2, 0.25) is 0 Å². The van der Waals surface area contributed by atoms with Crippen LogP contribution >= 0.6 is 0 Å². The zero-order valence-electron chi connectivity index (χ0n) is 13.4. The van der Waals surface area contributed by atoms with Crippen molar-refractivity contribution in [2.24, 2.45) is 0 Å². The molecule has 0 aliphatic heterocycles. The quantitative estimate of drug-likeness (QED) is 0.624. The number of carbonyl (C=O) groups is 1. The van der Waals surface area contributed by atoms with Crippen molar-refractivity contribution < 1.29 is 4.79 Å². The molecular formula is C20H16N4O. The Morgan fingerprint density at radius 3 is 2.24 bits per heavy atom. The molecule has 5 nitrogen and oxygen atoms in total. The number of nitrogens with zero attached hydrogens (tertiary/aromatic N) is 3. The third-order valence-electron chi connectivity index (χ3n) is 4.04. The molecule has 0 radical (unpaired) electrons. The zero-order valence-corrected chi connectivity index (χ0v) is 13.4. The first-order chi connectivity index (χ1) is 12.3. The molecule has 122 valence electrons. The predicted octanol–water partition coefficient (Wildman–Crippen LogP) is 3.41. The molecular weight excluding hydrogens is 312 g/mol. The summed E-state index contributed by atoms with van der Waals surface area (Å²) >= 11 is 0. The maximum atomic E-state index is 12.7. The molecule has 0 spiro atoms. The van der Waals surface area contributed by atoms with Gasteiger partial charge in [-0.1, -0.05) is 65.9 Å². The summed E-state index contributed by atoms with van der Waals surface area (Å²) in [6, 6.07) is 26.6. The highest BCUT2D eigenvalue weighted by molar-refractivity contribution is 5.94. The molecule has 1 aromatic heterocycles. The van der Waals surface area contributed by atoms with Crippen molar-refractivity contribution in [1.29, 1.82) is 0 Å². The Labute approximate surface area is 144 Å². The van der Waals surface area contributed by atoms with E-state index in [-0.39, 0.29) is 5.91 Å². The topological polar surface area (TPSA) is 59.8 Å². The minimum atomic E-state index is -0.443. The Balaban J connectivity index is 1.76. The van der Waals surface area contributed by atoms with Crippen molar-refractivity contribution in [3.8, 4) is 0 Å². The Kier molecular flexibility index (Phi) is 3.96. The molecule has 1 heterocycles. The van der Waals surface area contributed by atoms with Crippen LogP contribution in [0.5, 0.6) is 0 Å². The molecule has 0 aliphatic carbocycles. The predicted molar refractivity (Wildman–Crippen MR) is 96.0 cm³/mol. The van der Waals surface area contributed by atoms with Gasteiger partial charge in [-0.25, -0.2) is 4.68 Å². The van der Waals surface area contributed by atoms with Gasteiger partial charge in [0.25, 0.3) is 5.91 Å². The van der Waals surface area contributed by atoms with E-state index in [0.717, 1.165) is 16.6 Å². The van der Waals surface area contributed by atoms with E-state index >= 15 is 0 Å². The lowest BCUT2D eigenvalue weighted by molar-refractivity contribution is 0.0927. The Morgan fingerprint density at radius 1 is 0.840 bits per heavy atom. The summed E-state index contributed by atoms with van der Waals surface area (Å²) < 4.78 is 1.74. The summed E-state index contributed by atoms with van der Waals surface area (Å²) in [6.07, 6.45) is -0.443. The Bertz CT molecular complexity index is 996. The van der Waals surface area contributed by atoms with E-state index in [1.807, 2.05) is 72.8 Å². The van der Waals surface area contributed by atoms with E-state index in [4.69, 9.17) is 0 Å². The van der Waals surface area contributed by atoms with Crippen LogP contribution in [0.2, 0.25) is 0 Å². The van der Waals surface area contributed by atoms with Gasteiger partial charge in [0.15, 0.2) is 6.17 Å². The van der Waals surface area contributed by atoms with Gasteiger partial charge >= 0.3 is 0 Å². The minimum Gasteiger partial charge on any atom is -0.326 e. The van der Waals surface area contributed by atoms with Crippen LogP contribution < -0.4 is 5.32 Å². The highest BCUT2D eigenvalue weighted by Gasteiger charge is 2.20. The number of hydrogen-bond donors (Lipinski definition) is 1. The van der Waals surface area contributed by atoms with Crippen molar-refractivity contribution >= 4 is 16.9 Å². The van der Waals surface area contributed by atoms with E-state index in [1.165, 1.54) is 0 Å². The fourth-order valence-corrected chi connectivity index (χ4v) is 2.80.